The third kappa shape index (κ3) is 3.50. The Kier molecular flexibility index (Phi) is 3.20. The first-order valence-electron chi connectivity index (χ1n) is 4.24. The molecule has 1 aromatic rings. The fraction of sp³-hybridized carbons (Fsp3) is 0.300. The number of nitrogens with one attached hydrogen (secondary N) is 1. The molecule has 0 fully saturated rings. The first-order chi connectivity index (χ1) is 6.92. The molecule has 1 aromatic carbocycles. The van der Waals surface area contributed by atoms with Gasteiger partial charge >= 0.3 is 6.18 Å². The molecule has 0 amide bonds. The lowest BCUT2D eigenvalue weighted by Gasteiger charge is -2.10. The monoisotopic (exact) mass is 214 g/mol. The van der Waals surface area contributed by atoms with Crippen molar-refractivity contribution < 1.29 is 13.2 Å². The number of benzene rings is 1. The summed E-state index contributed by atoms with van der Waals surface area (Å²) in [5.41, 5.74) is 1.49. The lowest BCUT2D eigenvalue weighted by Crippen LogP contribution is -2.21. The number of nitrogens with zero attached hydrogens (tertiary/aromatic N) is 1. The van der Waals surface area contributed by atoms with E-state index in [-0.39, 0.29) is 0 Å². The average Bonchev–Trinajstić information content (AvgIpc) is 2.14. The number of nitriles is 1. The predicted molar refractivity (Wildman–Crippen MR) is 50.4 cm³/mol. The van der Waals surface area contributed by atoms with Crippen LogP contribution in [-0.2, 0) is 0 Å². The molecule has 0 aliphatic heterocycles. The third-order valence-electron chi connectivity index (χ3n) is 1.84. The van der Waals surface area contributed by atoms with Gasteiger partial charge in [0.25, 0.3) is 0 Å². The minimum Gasteiger partial charge on any atom is -0.376 e. The first-order valence-corrected chi connectivity index (χ1v) is 4.24. The van der Waals surface area contributed by atoms with Gasteiger partial charge in [-0.25, -0.2) is 0 Å². The van der Waals surface area contributed by atoms with Gasteiger partial charge in [0, 0.05) is 5.69 Å². The number of anilines is 1. The number of hydrogen-bond acceptors (Lipinski definition) is 2. The molecule has 0 aliphatic carbocycles. The van der Waals surface area contributed by atoms with Gasteiger partial charge in [0.05, 0.1) is 11.6 Å². The van der Waals surface area contributed by atoms with Crippen LogP contribution in [0, 0.1) is 18.3 Å². The molecule has 0 atom stereocenters. The van der Waals surface area contributed by atoms with E-state index >= 15 is 0 Å². The first kappa shape index (κ1) is 11.4. The van der Waals surface area contributed by atoms with Crippen LogP contribution in [0.5, 0.6) is 0 Å². The van der Waals surface area contributed by atoms with Crippen LogP contribution in [0.2, 0.25) is 0 Å². The van der Waals surface area contributed by atoms with E-state index in [1.807, 2.05) is 6.07 Å². The van der Waals surface area contributed by atoms with Crippen molar-refractivity contribution in [2.24, 2.45) is 0 Å². The summed E-state index contributed by atoms with van der Waals surface area (Å²) in [6.07, 6.45) is -4.23. The number of alkyl halides is 3. The highest BCUT2D eigenvalue weighted by molar-refractivity contribution is 5.51. The van der Waals surface area contributed by atoms with Crippen molar-refractivity contribution >= 4 is 5.69 Å². The van der Waals surface area contributed by atoms with Crippen LogP contribution in [-0.4, -0.2) is 12.7 Å². The van der Waals surface area contributed by atoms with Crippen LogP contribution in [0.3, 0.4) is 0 Å². The van der Waals surface area contributed by atoms with Gasteiger partial charge in [0.1, 0.15) is 6.54 Å². The fourth-order valence-corrected chi connectivity index (χ4v) is 1.10. The van der Waals surface area contributed by atoms with Crippen molar-refractivity contribution in [3.8, 4) is 6.07 Å². The lowest BCUT2D eigenvalue weighted by molar-refractivity contribution is -0.115. The molecule has 0 radical (unpaired) electrons. The van der Waals surface area contributed by atoms with Gasteiger partial charge in [-0.15, -0.1) is 0 Å². The predicted octanol–water partition coefficient (Wildman–Crippen LogP) is 2.84. The number of hydrogen-bond donors (Lipinski definition) is 1. The van der Waals surface area contributed by atoms with Crippen molar-refractivity contribution in [1.82, 2.24) is 0 Å². The lowest BCUT2D eigenvalue weighted by atomic mass is 10.1. The second kappa shape index (κ2) is 4.22. The Morgan fingerprint density at radius 1 is 1.40 bits per heavy atom. The molecule has 2 nitrogen and oxygen atoms in total. The zero-order valence-corrected chi connectivity index (χ0v) is 8.02. The summed E-state index contributed by atoms with van der Waals surface area (Å²) in [4.78, 5) is 0. The van der Waals surface area contributed by atoms with Gasteiger partial charge < -0.3 is 5.32 Å². The second-order valence-electron chi connectivity index (χ2n) is 3.11. The Labute approximate surface area is 85.3 Å². The summed E-state index contributed by atoms with van der Waals surface area (Å²) in [7, 11) is 0. The highest BCUT2D eigenvalue weighted by Gasteiger charge is 2.26. The maximum atomic E-state index is 11.9. The van der Waals surface area contributed by atoms with E-state index < -0.39 is 12.7 Å². The van der Waals surface area contributed by atoms with Gasteiger partial charge in [-0.3, -0.25) is 0 Å². The molecule has 80 valence electrons. The van der Waals surface area contributed by atoms with Crippen molar-refractivity contribution in [3.05, 3.63) is 29.3 Å². The van der Waals surface area contributed by atoms with Gasteiger partial charge in [0.2, 0.25) is 0 Å². The Morgan fingerprint density at radius 3 is 2.53 bits per heavy atom. The van der Waals surface area contributed by atoms with E-state index in [1.54, 1.807) is 6.92 Å². The molecule has 0 unspecified atom stereocenters. The van der Waals surface area contributed by atoms with E-state index in [2.05, 4.69) is 5.32 Å². The molecule has 0 saturated heterocycles. The van der Waals surface area contributed by atoms with E-state index in [4.69, 9.17) is 5.26 Å². The molecule has 0 heterocycles. The Morgan fingerprint density at radius 2 is 2.07 bits per heavy atom. The maximum Gasteiger partial charge on any atom is 0.405 e. The summed E-state index contributed by atoms with van der Waals surface area (Å²) in [5, 5.41) is 10.9. The highest BCUT2D eigenvalue weighted by atomic mass is 19.4. The Bertz CT molecular complexity index is 391. The molecule has 5 heteroatoms. The van der Waals surface area contributed by atoms with E-state index in [0.717, 1.165) is 0 Å². The van der Waals surface area contributed by atoms with Crippen LogP contribution in [0.4, 0.5) is 18.9 Å². The van der Waals surface area contributed by atoms with Gasteiger partial charge in [-0.1, -0.05) is 0 Å². The highest BCUT2D eigenvalue weighted by Crippen LogP contribution is 2.18. The van der Waals surface area contributed by atoms with Crippen molar-refractivity contribution in [3.63, 3.8) is 0 Å². The summed E-state index contributed by atoms with van der Waals surface area (Å²) < 4.78 is 35.6. The summed E-state index contributed by atoms with van der Waals surface area (Å²) in [6.45, 7) is 0.607. The summed E-state index contributed by atoms with van der Waals surface area (Å²) >= 11 is 0. The van der Waals surface area contributed by atoms with Crippen LogP contribution in [0.1, 0.15) is 11.1 Å². The number of aryl methyl sites for hydroxylation is 1. The zero-order chi connectivity index (χ0) is 11.5. The largest absolute Gasteiger partial charge is 0.405 e. The standard InChI is InChI=1S/C10H9F3N2/c1-7-4-9(3-2-8(7)5-14)15-6-10(11,12)13/h2-4,15H,6H2,1H3. The summed E-state index contributed by atoms with van der Waals surface area (Å²) in [6, 6.07) is 6.41. The quantitative estimate of drug-likeness (QED) is 0.821. The Hall–Kier alpha value is -1.70. The fourth-order valence-electron chi connectivity index (χ4n) is 1.10. The summed E-state index contributed by atoms with van der Waals surface area (Å²) in [5.74, 6) is 0. The molecule has 1 N–H and O–H groups in total. The van der Waals surface area contributed by atoms with Crippen molar-refractivity contribution in [1.29, 1.82) is 5.26 Å². The minimum absolute atomic E-state index is 0.365. The van der Waals surface area contributed by atoms with Crippen LogP contribution in [0.25, 0.3) is 0 Å². The SMILES string of the molecule is Cc1cc(NCC(F)(F)F)ccc1C#N. The average molecular weight is 214 g/mol. The van der Waals surface area contributed by atoms with Gasteiger partial charge in [-0.2, -0.15) is 18.4 Å². The smallest absolute Gasteiger partial charge is 0.376 e. The topological polar surface area (TPSA) is 35.8 Å². The van der Waals surface area contributed by atoms with Crippen molar-refractivity contribution in [2.75, 3.05) is 11.9 Å². The molecule has 0 aliphatic rings. The molecular weight excluding hydrogens is 205 g/mol. The molecule has 0 bridgehead atoms. The van der Waals surface area contributed by atoms with E-state index in [9.17, 15) is 13.2 Å². The normalized spacial score (nSPS) is 10.9. The van der Waals surface area contributed by atoms with Gasteiger partial charge in [-0.05, 0) is 30.7 Å². The van der Waals surface area contributed by atoms with Crippen LogP contribution >= 0.6 is 0 Å². The molecule has 0 saturated carbocycles. The van der Waals surface area contributed by atoms with Crippen LogP contribution < -0.4 is 5.32 Å². The molecule has 1 rings (SSSR count). The number of halogens is 3. The Balaban J connectivity index is 2.73. The second-order valence-corrected chi connectivity index (χ2v) is 3.11. The maximum absolute atomic E-state index is 11.9. The van der Waals surface area contributed by atoms with Crippen LogP contribution in [0.15, 0.2) is 18.2 Å². The van der Waals surface area contributed by atoms with Crippen molar-refractivity contribution in [2.45, 2.75) is 13.1 Å². The van der Waals surface area contributed by atoms with E-state index in [1.165, 1.54) is 18.2 Å². The minimum atomic E-state index is -4.23. The third-order valence-corrected chi connectivity index (χ3v) is 1.84. The molecule has 0 aromatic heterocycles. The zero-order valence-electron chi connectivity index (χ0n) is 8.02. The van der Waals surface area contributed by atoms with Gasteiger partial charge in [0.15, 0.2) is 0 Å². The molecular formula is C10H9F3N2. The molecule has 15 heavy (non-hydrogen) atoms. The van der Waals surface area contributed by atoms with E-state index in [0.29, 0.717) is 16.8 Å². The molecule has 0 spiro atoms. The number of rotatable bonds is 2.